The molecule has 1 saturated carbocycles. The summed E-state index contributed by atoms with van der Waals surface area (Å²) in [6, 6.07) is 4.45. The van der Waals surface area contributed by atoms with Crippen LogP contribution in [0.15, 0.2) is 24.5 Å². The van der Waals surface area contributed by atoms with E-state index in [1.54, 1.807) is 6.20 Å². The van der Waals surface area contributed by atoms with E-state index >= 15 is 0 Å². The molecule has 1 aromatic rings. The van der Waals surface area contributed by atoms with E-state index in [-0.39, 0.29) is 0 Å². The lowest BCUT2D eigenvalue weighted by atomic mass is 9.94. The Hall–Kier alpha value is -0.930. The molecule has 0 amide bonds. The maximum absolute atomic E-state index is 5.58. The zero-order valence-electron chi connectivity index (χ0n) is 8.53. The summed E-state index contributed by atoms with van der Waals surface area (Å²) in [5.41, 5.74) is 4.59. The van der Waals surface area contributed by atoms with Crippen molar-refractivity contribution in [3.8, 4) is 0 Å². The van der Waals surface area contributed by atoms with Crippen LogP contribution in [0.25, 0.3) is 0 Å². The van der Waals surface area contributed by atoms with Gasteiger partial charge < -0.3 is 0 Å². The van der Waals surface area contributed by atoms with Crippen molar-refractivity contribution < 1.29 is 0 Å². The quantitative estimate of drug-likeness (QED) is 0.556. The van der Waals surface area contributed by atoms with Gasteiger partial charge in [-0.2, -0.15) is 0 Å². The summed E-state index contributed by atoms with van der Waals surface area (Å²) < 4.78 is 0. The number of nitrogens with zero attached hydrogens (tertiary/aromatic N) is 1. The summed E-state index contributed by atoms with van der Waals surface area (Å²) in [5.74, 6) is 5.58. The number of hydrogen-bond acceptors (Lipinski definition) is 3. The summed E-state index contributed by atoms with van der Waals surface area (Å²) in [7, 11) is 0. The minimum Gasteiger partial charge on any atom is -0.271 e. The SMILES string of the molecule is CC1(C(Cc2cccnc2)NN)CC1. The lowest BCUT2D eigenvalue weighted by molar-refractivity contribution is 0.359. The Balaban J connectivity index is 2.02. The molecule has 3 heteroatoms. The standard InChI is InChI=1S/C11H17N3/c1-11(4-5-11)10(14-12)7-9-3-2-6-13-8-9/h2-3,6,8,10,14H,4-5,7,12H2,1H3. The van der Waals surface area contributed by atoms with Gasteiger partial charge in [0.05, 0.1) is 0 Å². The third-order valence-electron chi connectivity index (χ3n) is 3.24. The highest BCUT2D eigenvalue weighted by Crippen LogP contribution is 2.48. The maximum atomic E-state index is 5.58. The molecule has 14 heavy (non-hydrogen) atoms. The summed E-state index contributed by atoms with van der Waals surface area (Å²) in [6.07, 6.45) is 7.24. The van der Waals surface area contributed by atoms with Gasteiger partial charge in [0.25, 0.3) is 0 Å². The largest absolute Gasteiger partial charge is 0.271 e. The third-order valence-corrected chi connectivity index (χ3v) is 3.24. The number of hydrogen-bond donors (Lipinski definition) is 2. The summed E-state index contributed by atoms with van der Waals surface area (Å²) in [4.78, 5) is 4.11. The first-order valence-corrected chi connectivity index (χ1v) is 5.10. The van der Waals surface area contributed by atoms with Crippen molar-refractivity contribution in [3.05, 3.63) is 30.1 Å². The van der Waals surface area contributed by atoms with Crippen LogP contribution in [-0.2, 0) is 6.42 Å². The highest BCUT2D eigenvalue weighted by atomic mass is 15.2. The second kappa shape index (κ2) is 3.67. The average molecular weight is 191 g/mol. The second-order valence-corrected chi connectivity index (χ2v) is 4.44. The van der Waals surface area contributed by atoms with Crippen molar-refractivity contribution in [1.29, 1.82) is 0 Å². The monoisotopic (exact) mass is 191 g/mol. The second-order valence-electron chi connectivity index (χ2n) is 4.44. The smallest absolute Gasteiger partial charge is 0.0305 e. The third kappa shape index (κ3) is 1.94. The Bertz CT molecular complexity index is 293. The van der Waals surface area contributed by atoms with Crippen molar-refractivity contribution in [2.75, 3.05) is 0 Å². The molecule has 1 heterocycles. The molecule has 1 aliphatic rings. The molecule has 1 aromatic heterocycles. The molecule has 3 nitrogen and oxygen atoms in total. The van der Waals surface area contributed by atoms with Gasteiger partial charge in [-0.15, -0.1) is 0 Å². The van der Waals surface area contributed by atoms with Crippen LogP contribution in [0.3, 0.4) is 0 Å². The predicted octanol–water partition coefficient (Wildman–Crippen LogP) is 1.26. The molecule has 1 aliphatic carbocycles. The number of hydrazine groups is 1. The maximum Gasteiger partial charge on any atom is 0.0305 e. The van der Waals surface area contributed by atoms with E-state index in [1.807, 2.05) is 12.3 Å². The fourth-order valence-corrected chi connectivity index (χ4v) is 1.81. The van der Waals surface area contributed by atoms with Crippen molar-refractivity contribution >= 4 is 0 Å². The van der Waals surface area contributed by atoms with Crippen molar-refractivity contribution in [1.82, 2.24) is 10.4 Å². The molecule has 0 aromatic carbocycles. The highest BCUT2D eigenvalue weighted by Gasteiger charge is 2.44. The molecule has 76 valence electrons. The van der Waals surface area contributed by atoms with E-state index < -0.39 is 0 Å². The first-order valence-electron chi connectivity index (χ1n) is 5.10. The number of rotatable bonds is 4. The van der Waals surface area contributed by atoms with Crippen molar-refractivity contribution in [2.24, 2.45) is 11.3 Å². The fourth-order valence-electron chi connectivity index (χ4n) is 1.81. The van der Waals surface area contributed by atoms with Gasteiger partial charge in [-0.05, 0) is 36.3 Å². The van der Waals surface area contributed by atoms with Crippen LogP contribution in [0.4, 0.5) is 0 Å². The number of aromatic nitrogens is 1. The van der Waals surface area contributed by atoms with Crippen LogP contribution in [0.5, 0.6) is 0 Å². The van der Waals surface area contributed by atoms with Gasteiger partial charge in [-0.1, -0.05) is 13.0 Å². The highest BCUT2D eigenvalue weighted by molar-refractivity contribution is 5.13. The lowest BCUT2D eigenvalue weighted by Crippen LogP contribution is -2.42. The van der Waals surface area contributed by atoms with Crippen LogP contribution < -0.4 is 11.3 Å². The normalized spacial score (nSPS) is 20.4. The van der Waals surface area contributed by atoms with Crippen LogP contribution in [-0.4, -0.2) is 11.0 Å². The van der Waals surface area contributed by atoms with Gasteiger partial charge in [0.2, 0.25) is 0 Å². The molecular weight excluding hydrogens is 174 g/mol. The van der Waals surface area contributed by atoms with Gasteiger partial charge in [0.15, 0.2) is 0 Å². The Morgan fingerprint density at radius 1 is 1.64 bits per heavy atom. The Kier molecular flexibility index (Phi) is 2.52. The molecule has 0 saturated heterocycles. The van der Waals surface area contributed by atoms with E-state index in [0.717, 1.165) is 6.42 Å². The Morgan fingerprint density at radius 3 is 2.93 bits per heavy atom. The van der Waals surface area contributed by atoms with E-state index in [0.29, 0.717) is 11.5 Å². The Morgan fingerprint density at radius 2 is 2.43 bits per heavy atom. The fraction of sp³-hybridized carbons (Fsp3) is 0.545. The lowest BCUT2D eigenvalue weighted by Gasteiger charge is -2.22. The first-order chi connectivity index (χ1) is 6.74. The number of nitrogens with two attached hydrogens (primary N) is 1. The molecule has 0 spiro atoms. The zero-order valence-corrected chi connectivity index (χ0v) is 8.53. The molecule has 1 fully saturated rings. The van der Waals surface area contributed by atoms with Crippen LogP contribution in [0.2, 0.25) is 0 Å². The molecule has 1 unspecified atom stereocenters. The van der Waals surface area contributed by atoms with Crippen LogP contribution in [0, 0.1) is 5.41 Å². The van der Waals surface area contributed by atoms with E-state index in [9.17, 15) is 0 Å². The van der Waals surface area contributed by atoms with E-state index in [1.165, 1.54) is 18.4 Å². The van der Waals surface area contributed by atoms with Crippen molar-refractivity contribution in [2.45, 2.75) is 32.2 Å². The molecule has 1 atom stereocenters. The molecule has 0 bridgehead atoms. The first kappa shape index (κ1) is 9.62. The van der Waals surface area contributed by atoms with Gasteiger partial charge in [0.1, 0.15) is 0 Å². The molecular formula is C11H17N3. The molecule has 0 aliphatic heterocycles. The summed E-state index contributed by atoms with van der Waals surface area (Å²) in [6.45, 7) is 2.29. The van der Waals surface area contributed by atoms with E-state index in [2.05, 4.69) is 23.4 Å². The van der Waals surface area contributed by atoms with Gasteiger partial charge in [-0.3, -0.25) is 16.3 Å². The zero-order chi connectivity index (χ0) is 10.0. The minimum atomic E-state index is 0.381. The molecule has 3 N–H and O–H groups in total. The average Bonchev–Trinajstić information content (AvgIpc) is 2.95. The Labute approximate surface area is 84.7 Å². The summed E-state index contributed by atoms with van der Waals surface area (Å²) >= 11 is 0. The molecule has 0 radical (unpaired) electrons. The van der Waals surface area contributed by atoms with E-state index in [4.69, 9.17) is 5.84 Å². The van der Waals surface area contributed by atoms with Gasteiger partial charge in [-0.25, -0.2) is 0 Å². The van der Waals surface area contributed by atoms with Crippen molar-refractivity contribution in [3.63, 3.8) is 0 Å². The van der Waals surface area contributed by atoms with Gasteiger partial charge >= 0.3 is 0 Å². The topological polar surface area (TPSA) is 50.9 Å². The van der Waals surface area contributed by atoms with Crippen LogP contribution in [0.1, 0.15) is 25.3 Å². The minimum absolute atomic E-state index is 0.381. The number of pyridine rings is 1. The van der Waals surface area contributed by atoms with Gasteiger partial charge in [0, 0.05) is 18.4 Å². The van der Waals surface area contributed by atoms with Crippen LogP contribution >= 0.6 is 0 Å². The molecule has 2 rings (SSSR count). The summed E-state index contributed by atoms with van der Waals surface area (Å²) in [5, 5.41) is 0. The predicted molar refractivity (Wildman–Crippen MR) is 56.4 cm³/mol. The number of nitrogens with one attached hydrogen (secondary N) is 1.